The lowest BCUT2D eigenvalue weighted by Gasteiger charge is -2.20. The van der Waals surface area contributed by atoms with Gasteiger partial charge in [0.05, 0.1) is 19.8 Å². The first kappa shape index (κ1) is 52.2. The van der Waals surface area contributed by atoms with Crippen LogP contribution in [0.5, 0.6) is 0 Å². The lowest BCUT2D eigenvalue weighted by Crippen LogP contribution is -2.29. The molecule has 11 heteroatoms. The van der Waals surface area contributed by atoms with Gasteiger partial charge in [0.1, 0.15) is 12.7 Å². The summed E-state index contributed by atoms with van der Waals surface area (Å²) in [6.07, 6.45) is 45.5. The van der Waals surface area contributed by atoms with Gasteiger partial charge in [0.25, 0.3) is 0 Å². The van der Waals surface area contributed by atoms with Crippen LogP contribution < -0.4 is 0 Å². The Morgan fingerprint density at radius 2 is 1.02 bits per heavy atom. The van der Waals surface area contributed by atoms with Crippen LogP contribution in [-0.2, 0) is 32.7 Å². The zero-order chi connectivity index (χ0) is 40.5. The van der Waals surface area contributed by atoms with Gasteiger partial charge < -0.3 is 24.6 Å². The lowest BCUT2D eigenvalue weighted by atomic mass is 10.1. The second-order valence-electron chi connectivity index (χ2n) is 13.3. The molecule has 0 aromatic rings. The van der Waals surface area contributed by atoms with E-state index in [-0.39, 0.29) is 19.4 Å². The van der Waals surface area contributed by atoms with Crippen molar-refractivity contribution in [1.82, 2.24) is 0 Å². The number of aliphatic hydroxyl groups excluding tert-OH is 2. The quantitative estimate of drug-likeness (QED) is 0.0240. The number of phosphoric acid groups is 1. The van der Waals surface area contributed by atoms with Crippen molar-refractivity contribution in [2.45, 2.75) is 154 Å². The van der Waals surface area contributed by atoms with Crippen LogP contribution in [0.15, 0.2) is 85.1 Å². The van der Waals surface area contributed by atoms with E-state index in [0.29, 0.717) is 19.3 Å². The van der Waals surface area contributed by atoms with E-state index in [2.05, 4.69) is 91.3 Å². The molecule has 0 rings (SSSR count). The fraction of sp³-hybridized carbons (Fsp3) is 0.636. The topological polar surface area (TPSA) is 149 Å². The molecule has 0 radical (unpaired) electrons. The van der Waals surface area contributed by atoms with E-state index < -0.39 is 51.8 Å². The molecule has 3 atom stereocenters. The Balaban J connectivity index is 4.48. The molecule has 0 aliphatic heterocycles. The van der Waals surface area contributed by atoms with Crippen molar-refractivity contribution in [1.29, 1.82) is 0 Å². The van der Waals surface area contributed by atoms with Gasteiger partial charge in [-0.1, -0.05) is 131 Å². The predicted molar refractivity (Wildman–Crippen MR) is 223 cm³/mol. The highest BCUT2D eigenvalue weighted by Gasteiger charge is 2.27. The molecule has 0 heterocycles. The maximum absolute atomic E-state index is 12.6. The summed E-state index contributed by atoms with van der Waals surface area (Å²) >= 11 is 0. The van der Waals surface area contributed by atoms with Crippen molar-refractivity contribution >= 4 is 19.8 Å². The molecular weight excluding hydrogens is 719 g/mol. The molecule has 0 aliphatic carbocycles. The van der Waals surface area contributed by atoms with Gasteiger partial charge in [0.15, 0.2) is 6.10 Å². The molecular formula is C44H73O10P. The number of hydrogen-bond acceptors (Lipinski definition) is 9. The van der Waals surface area contributed by atoms with Gasteiger partial charge >= 0.3 is 19.8 Å². The van der Waals surface area contributed by atoms with Gasteiger partial charge in [-0.05, 0) is 83.5 Å². The first-order chi connectivity index (χ1) is 26.7. The first-order valence-electron chi connectivity index (χ1n) is 20.5. The molecule has 0 spiro atoms. The standard InChI is InChI=1S/C44H73O10P/c1-3-5-7-9-11-13-15-17-19-20-22-24-26-28-30-32-34-36-44(48)54-42(40-53-55(49,50)52-38-41(46)37-45)39-51-43(47)35-33-31-29-27-25-23-21-18-16-14-12-10-8-6-4-2/h5,7,11-14,17-19,21-22,24,28,30,41-42,45-46H,3-4,6,8-10,15-16,20,23,25-27,29,31-40H2,1-2H3,(H,49,50)/b7-5+,13-11+,14-12+,19-17+,21-18+,24-22+,30-28+/t41-,42+/m0/s1. The summed E-state index contributed by atoms with van der Waals surface area (Å²) in [5.74, 6) is -1.02. The summed E-state index contributed by atoms with van der Waals surface area (Å²) in [5.41, 5.74) is 0. The molecule has 3 N–H and O–H groups in total. The highest BCUT2D eigenvalue weighted by atomic mass is 31.2. The molecule has 0 bridgehead atoms. The molecule has 0 aromatic heterocycles. The van der Waals surface area contributed by atoms with Crippen LogP contribution >= 0.6 is 7.82 Å². The van der Waals surface area contributed by atoms with Crippen LogP contribution in [0, 0.1) is 0 Å². The average Bonchev–Trinajstić information content (AvgIpc) is 3.17. The van der Waals surface area contributed by atoms with Crippen LogP contribution in [0.3, 0.4) is 0 Å². The van der Waals surface area contributed by atoms with Crippen LogP contribution in [-0.4, -0.2) is 65.7 Å². The van der Waals surface area contributed by atoms with Gasteiger partial charge in [0, 0.05) is 12.8 Å². The number of allylic oxidation sites excluding steroid dienone is 14. The molecule has 0 amide bonds. The number of unbranched alkanes of at least 4 members (excludes halogenated alkanes) is 9. The summed E-state index contributed by atoms with van der Waals surface area (Å²) in [4.78, 5) is 34.9. The molecule has 0 saturated heterocycles. The molecule has 55 heavy (non-hydrogen) atoms. The lowest BCUT2D eigenvalue weighted by molar-refractivity contribution is -0.161. The molecule has 0 saturated carbocycles. The Hall–Kier alpha value is -2.85. The van der Waals surface area contributed by atoms with Gasteiger partial charge in [-0.3, -0.25) is 18.6 Å². The van der Waals surface area contributed by atoms with Crippen molar-refractivity contribution < 1.29 is 47.8 Å². The van der Waals surface area contributed by atoms with E-state index in [4.69, 9.17) is 19.1 Å². The van der Waals surface area contributed by atoms with Crippen LogP contribution in [0.2, 0.25) is 0 Å². The number of carbonyl (C=O) groups excluding carboxylic acids is 2. The third-order valence-electron chi connectivity index (χ3n) is 8.03. The van der Waals surface area contributed by atoms with Crippen LogP contribution in [0.25, 0.3) is 0 Å². The number of carbonyl (C=O) groups is 2. The van der Waals surface area contributed by atoms with Gasteiger partial charge in [-0.2, -0.15) is 0 Å². The van der Waals surface area contributed by atoms with E-state index in [1.165, 1.54) is 19.3 Å². The summed E-state index contributed by atoms with van der Waals surface area (Å²) in [5, 5.41) is 18.3. The largest absolute Gasteiger partial charge is 0.472 e. The number of ether oxygens (including phenoxy) is 2. The minimum Gasteiger partial charge on any atom is -0.462 e. The minimum atomic E-state index is -4.64. The Morgan fingerprint density at radius 3 is 1.56 bits per heavy atom. The summed E-state index contributed by atoms with van der Waals surface area (Å²) < 4.78 is 32.6. The minimum absolute atomic E-state index is 0.0979. The molecule has 0 aromatic carbocycles. The predicted octanol–water partition coefficient (Wildman–Crippen LogP) is 10.7. The number of phosphoric ester groups is 1. The summed E-state index contributed by atoms with van der Waals surface area (Å²) in [6.45, 7) is 2.13. The number of aliphatic hydroxyl groups is 2. The maximum Gasteiger partial charge on any atom is 0.472 e. The third-order valence-corrected chi connectivity index (χ3v) is 8.98. The van der Waals surface area contributed by atoms with Crippen LogP contribution in [0.1, 0.15) is 142 Å². The Labute approximate surface area is 332 Å². The Bertz CT molecular complexity index is 1190. The zero-order valence-corrected chi connectivity index (χ0v) is 34.7. The van der Waals surface area contributed by atoms with E-state index in [1.54, 1.807) is 0 Å². The summed E-state index contributed by atoms with van der Waals surface area (Å²) in [6, 6.07) is 0. The third kappa shape index (κ3) is 39.2. The number of rotatable bonds is 37. The fourth-order valence-electron chi connectivity index (χ4n) is 4.88. The highest BCUT2D eigenvalue weighted by molar-refractivity contribution is 7.47. The van der Waals surface area contributed by atoms with Gasteiger partial charge in [0.2, 0.25) is 0 Å². The van der Waals surface area contributed by atoms with E-state index in [1.807, 2.05) is 12.2 Å². The van der Waals surface area contributed by atoms with Crippen molar-refractivity contribution in [2.24, 2.45) is 0 Å². The zero-order valence-electron chi connectivity index (χ0n) is 33.9. The Kier molecular flexibility index (Phi) is 37.3. The second-order valence-corrected chi connectivity index (χ2v) is 14.7. The first-order valence-corrected chi connectivity index (χ1v) is 22.0. The number of hydrogen-bond donors (Lipinski definition) is 3. The smallest absolute Gasteiger partial charge is 0.462 e. The van der Waals surface area contributed by atoms with E-state index in [0.717, 1.165) is 77.0 Å². The summed E-state index contributed by atoms with van der Waals surface area (Å²) in [7, 11) is -4.64. The average molecular weight is 793 g/mol. The molecule has 10 nitrogen and oxygen atoms in total. The van der Waals surface area contributed by atoms with Crippen molar-refractivity contribution in [3.8, 4) is 0 Å². The second kappa shape index (κ2) is 39.4. The SMILES string of the molecule is CC/C=C/C/C=C/C/C=C/C/C=C/C/C=C/CCCC(=O)O[C@H](COC(=O)CCCCCCC/C=C/C/C=C/CCCCC)COP(=O)(O)OC[C@@H](O)CO. The Morgan fingerprint density at radius 1 is 0.564 bits per heavy atom. The van der Waals surface area contributed by atoms with Gasteiger partial charge in [-0.15, -0.1) is 0 Å². The van der Waals surface area contributed by atoms with Crippen LogP contribution in [0.4, 0.5) is 0 Å². The molecule has 0 aliphatic rings. The molecule has 1 unspecified atom stereocenters. The normalized spacial score (nSPS) is 14.8. The maximum atomic E-state index is 12.6. The van der Waals surface area contributed by atoms with Gasteiger partial charge in [-0.25, -0.2) is 4.57 Å². The molecule has 0 fully saturated rings. The van der Waals surface area contributed by atoms with Crippen molar-refractivity contribution in [3.63, 3.8) is 0 Å². The number of esters is 2. The van der Waals surface area contributed by atoms with Crippen molar-refractivity contribution in [3.05, 3.63) is 85.1 Å². The monoisotopic (exact) mass is 792 g/mol. The van der Waals surface area contributed by atoms with Crippen molar-refractivity contribution in [2.75, 3.05) is 26.4 Å². The van der Waals surface area contributed by atoms with E-state index in [9.17, 15) is 24.2 Å². The van der Waals surface area contributed by atoms with E-state index >= 15 is 0 Å². The highest BCUT2D eigenvalue weighted by Crippen LogP contribution is 2.43. The molecule has 314 valence electrons. The fourth-order valence-corrected chi connectivity index (χ4v) is 5.67.